The van der Waals surface area contributed by atoms with Crippen LogP contribution >= 0.6 is 58.0 Å². The first-order valence-corrected chi connectivity index (χ1v) is 40.2. The van der Waals surface area contributed by atoms with Crippen molar-refractivity contribution >= 4 is 165 Å². The van der Waals surface area contributed by atoms with Crippen LogP contribution in [0.3, 0.4) is 0 Å². The fourth-order valence-corrected chi connectivity index (χ4v) is 16.2. The number of anilines is 2. The highest BCUT2D eigenvalue weighted by molar-refractivity contribution is 7.91. The van der Waals surface area contributed by atoms with E-state index in [0.29, 0.717) is 48.9 Å². The monoisotopic (exact) mass is 1570 g/mol. The van der Waals surface area contributed by atoms with Crippen molar-refractivity contribution in [2.24, 2.45) is 11.1 Å². The number of urea groups is 1. The second-order valence-corrected chi connectivity index (χ2v) is 33.8. The van der Waals surface area contributed by atoms with Gasteiger partial charge in [0, 0.05) is 121 Å². The summed E-state index contributed by atoms with van der Waals surface area (Å²) < 4.78 is 74.5. The summed E-state index contributed by atoms with van der Waals surface area (Å²) in [6.45, 7) is 8.10. The lowest BCUT2D eigenvalue weighted by Gasteiger charge is -2.39. The minimum atomic E-state index is -3.69. The maximum absolute atomic E-state index is 11.7. The molecule has 8 aromatic carbocycles. The number of amides is 2. The summed E-state index contributed by atoms with van der Waals surface area (Å²) in [7, 11) is -8.69. The van der Waals surface area contributed by atoms with Gasteiger partial charge in [-0.1, -0.05) is 76.2 Å². The average Bonchev–Trinajstić information content (AvgIpc) is 1.79. The van der Waals surface area contributed by atoms with E-state index in [4.69, 9.17) is 67.9 Å². The molecule has 1 spiro atoms. The smallest absolute Gasteiger partial charge is 0.315 e. The Bertz CT molecular complexity index is 5770. The van der Waals surface area contributed by atoms with Crippen LogP contribution in [0.15, 0.2) is 167 Å². The standard InChI is InChI=1S/C16H20ClN3O.C15H13ClN2O3S.C15H13ClN2O2S.C14H16ClN5O.C13H10ClN3O2S/c1-11(21)2-3-12-4-6-20(7-5-12)16-9-13(17)8-15-14(16)10-18-19-15;1-21-15-7-10(22(2,19)20)3-4-11(15)12-5-9(16)6-14-13(12)8-17-18-14;1-9-5-11(21(2,19)20)3-4-12(9)13-6-10(16)7-15-14(13)8-17-18-15;15-9-5-11-10(7-17-19-11)12(6-9)20-3-1-14(2-4-20)8-16-13(21)18-14;14-9-5-11(12-7-16-17-13(12)6-9)8-1-3-10(4-2-8)20(15,18)19/h8-10,12H,2-7H2,1H3,(H,18,19);3-8H,1-2H3,(H,17,18);3-8H,1-2H3,(H,17,18);5-7H,1-4,8H2,(H,17,19)(H2,16,18,21);1-7H,(H,16,17)(H2,15,18,19). The number of fused-ring (bicyclic) bond motifs is 5. The molecule has 9 N–H and O–H groups in total. The van der Waals surface area contributed by atoms with E-state index in [1.165, 1.54) is 31.6 Å². The van der Waals surface area contributed by atoms with E-state index >= 15 is 0 Å². The Labute approximate surface area is 629 Å². The number of aromatic nitrogens is 10. The average molecular weight is 1580 g/mol. The molecule has 3 aliphatic rings. The van der Waals surface area contributed by atoms with Crippen molar-refractivity contribution in [3.8, 4) is 39.1 Å². The van der Waals surface area contributed by atoms with E-state index < -0.39 is 29.7 Å². The van der Waals surface area contributed by atoms with Crippen molar-refractivity contribution in [1.82, 2.24) is 61.6 Å². The number of nitrogens with zero attached hydrogens (tertiary/aromatic N) is 7. The SMILES string of the molecule is CC(=O)CCC1CCN(c2cc(Cl)cc3[nH]ncc23)CC1.COc1cc(S(C)(=O)=O)ccc1-c1cc(Cl)cc2[nH]ncc12.Cc1cc(S(C)(=O)=O)ccc1-c1cc(Cl)cc2[nH]ncc12.NS(=O)(=O)c1ccc(-c2cc(Cl)cc3[nH]ncc23)cc1.O=C1NCC2(CCN(c3cc(Cl)cc4[nH]ncc34)CC2)N1. The maximum Gasteiger partial charge on any atom is 0.315 e. The first kappa shape index (κ1) is 75.4. The summed E-state index contributed by atoms with van der Waals surface area (Å²) in [5, 5.41) is 54.0. The van der Waals surface area contributed by atoms with Gasteiger partial charge in [0.05, 0.1) is 85.9 Å². The Hall–Kier alpha value is -9.29. The molecular weight excluding hydrogens is 1500 g/mol. The van der Waals surface area contributed by atoms with Gasteiger partial charge in [0.1, 0.15) is 11.5 Å². The third-order valence-electron chi connectivity index (χ3n) is 18.8. The molecule has 546 valence electrons. The molecule has 105 heavy (non-hydrogen) atoms. The molecule has 3 fully saturated rings. The number of hydrogen-bond donors (Lipinski definition) is 8. The van der Waals surface area contributed by atoms with E-state index in [-0.39, 0.29) is 21.4 Å². The van der Waals surface area contributed by atoms with Gasteiger partial charge in [-0.05, 0) is 188 Å². The molecule has 0 bridgehead atoms. The van der Waals surface area contributed by atoms with Crippen LogP contribution in [0.1, 0.15) is 51.0 Å². The predicted molar refractivity (Wildman–Crippen MR) is 416 cm³/mol. The molecule has 0 saturated carbocycles. The summed E-state index contributed by atoms with van der Waals surface area (Å²) in [6.07, 6.45) is 17.1. The second-order valence-electron chi connectivity index (χ2n) is 26.1. The fraction of sp³-hybridized carbons (Fsp3) is 0.247. The largest absolute Gasteiger partial charge is 0.496 e. The van der Waals surface area contributed by atoms with E-state index in [2.05, 4.69) is 71.4 Å². The van der Waals surface area contributed by atoms with Gasteiger partial charge in [0.15, 0.2) is 19.7 Å². The van der Waals surface area contributed by atoms with Gasteiger partial charge >= 0.3 is 6.03 Å². The quantitative estimate of drug-likeness (QED) is 0.0563. The number of benzene rings is 8. The normalized spacial score (nSPS) is 14.6. The Morgan fingerprint density at radius 3 is 1.35 bits per heavy atom. The number of carbonyl (C=O) groups is 2. The highest BCUT2D eigenvalue weighted by atomic mass is 35.5. The lowest BCUT2D eigenvalue weighted by molar-refractivity contribution is -0.117. The third-order valence-corrected chi connectivity index (χ3v) is 23.0. The highest BCUT2D eigenvalue weighted by Crippen LogP contribution is 2.41. The number of primary sulfonamides is 1. The third kappa shape index (κ3) is 17.7. The zero-order chi connectivity index (χ0) is 74.7. The molecule has 2 amide bonds. The highest BCUT2D eigenvalue weighted by Gasteiger charge is 2.40. The van der Waals surface area contributed by atoms with Gasteiger partial charge in [0.25, 0.3) is 0 Å². The first-order valence-electron chi connectivity index (χ1n) is 33.0. The van der Waals surface area contributed by atoms with Gasteiger partial charge in [0.2, 0.25) is 10.0 Å². The van der Waals surface area contributed by atoms with Crippen LogP contribution in [0.4, 0.5) is 16.2 Å². The van der Waals surface area contributed by atoms with Crippen molar-refractivity contribution in [2.75, 3.05) is 62.1 Å². The predicted octanol–water partition coefficient (Wildman–Crippen LogP) is 15.1. The number of hydrogen-bond acceptors (Lipinski definition) is 16. The number of aryl methyl sites for hydroxylation is 1. The van der Waals surface area contributed by atoms with Crippen molar-refractivity contribution in [1.29, 1.82) is 0 Å². The fourth-order valence-electron chi connectivity index (χ4n) is 13.3. The summed E-state index contributed by atoms with van der Waals surface area (Å²) in [4.78, 5) is 27.8. The lowest BCUT2D eigenvalue weighted by Crippen LogP contribution is -2.52. The molecule has 0 aliphatic carbocycles. The van der Waals surface area contributed by atoms with E-state index in [1.807, 2.05) is 67.8 Å². The van der Waals surface area contributed by atoms with E-state index in [9.17, 15) is 34.8 Å². The van der Waals surface area contributed by atoms with Gasteiger partial charge in [-0.3, -0.25) is 25.5 Å². The Morgan fingerprint density at radius 2 is 0.924 bits per heavy atom. The van der Waals surface area contributed by atoms with Crippen molar-refractivity contribution < 1.29 is 39.6 Å². The summed E-state index contributed by atoms with van der Waals surface area (Å²) in [5.41, 5.74) is 12.7. The van der Waals surface area contributed by atoms with Crippen LogP contribution in [0.5, 0.6) is 5.75 Å². The molecule has 0 atom stereocenters. The number of piperidine rings is 2. The topological polar surface area (TPSA) is 346 Å². The molecule has 24 nitrogen and oxygen atoms in total. The first-order chi connectivity index (χ1) is 50.0. The molecule has 8 heterocycles. The van der Waals surface area contributed by atoms with Crippen LogP contribution in [0, 0.1) is 12.8 Å². The molecule has 16 rings (SSSR count). The molecule has 0 unspecified atom stereocenters. The number of carbonyl (C=O) groups excluding carboxylic acids is 2. The Balaban J connectivity index is 0.000000123. The Kier molecular flexibility index (Phi) is 22.6. The minimum Gasteiger partial charge on any atom is -0.496 e. The zero-order valence-corrected chi connectivity index (χ0v) is 63.5. The number of Topliss-reactive ketones (excluding diaryl/α,β-unsaturated/α-hetero) is 1. The summed E-state index contributed by atoms with van der Waals surface area (Å²) >= 11 is 30.8. The minimum absolute atomic E-state index is 0.0524. The number of sulfonamides is 1. The molecule has 3 aliphatic heterocycles. The van der Waals surface area contributed by atoms with Gasteiger partial charge in [-0.2, -0.15) is 25.5 Å². The molecule has 13 aromatic rings. The summed E-state index contributed by atoms with van der Waals surface area (Å²) in [6, 6.07) is 34.8. The molecular formula is C73H72Cl5N15O9S3. The zero-order valence-electron chi connectivity index (χ0n) is 57.3. The van der Waals surface area contributed by atoms with Crippen LogP contribution in [0.2, 0.25) is 25.1 Å². The maximum atomic E-state index is 11.7. The van der Waals surface area contributed by atoms with Crippen molar-refractivity contribution in [3.05, 3.63) is 183 Å². The second kappa shape index (κ2) is 31.4. The van der Waals surface area contributed by atoms with E-state index in [0.717, 1.165) is 181 Å². The molecule has 5 aromatic heterocycles. The molecule has 3 saturated heterocycles. The summed E-state index contributed by atoms with van der Waals surface area (Å²) in [5.74, 6) is 1.43. The number of halogens is 5. The number of H-pyrrole nitrogens is 5. The number of nitrogens with one attached hydrogen (secondary N) is 7. The number of nitrogens with two attached hydrogens (primary N) is 1. The number of ether oxygens (including phenoxy) is 1. The van der Waals surface area contributed by atoms with Crippen molar-refractivity contribution in [2.45, 2.75) is 72.6 Å². The van der Waals surface area contributed by atoms with Gasteiger partial charge < -0.3 is 30.0 Å². The Morgan fingerprint density at radius 1 is 0.524 bits per heavy atom. The lowest BCUT2D eigenvalue weighted by atomic mass is 9.88. The number of aromatic amines is 5. The van der Waals surface area contributed by atoms with Crippen molar-refractivity contribution in [3.63, 3.8) is 0 Å². The van der Waals surface area contributed by atoms with Crippen LogP contribution in [-0.2, 0) is 34.5 Å². The van der Waals surface area contributed by atoms with Gasteiger partial charge in [-0.25, -0.2) is 35.2 Å². The van der Waals surface area contributed by atoms with Crippen LogP contribution in [0.25, 0.3) is 87.9 Å². The van der Waals surface area contributed by atoms with Crippen LogP contribution in [-0.4, -0.2) is 146 Å². The number of ketones is 1. The van der Waals surface area contributed by atoms with Crippen LogP contribution < -0.4 is 30.3 Å². The number of sulfone groups is 2. The number of rotatable bonds is 12. The molecule has 32 heteroatoms. The number of methoxy groups -OCH3 is 1. The van der Waals surface area contributed by atoms with Gasteiger partial charge in [-0.15, -0.1) is 0 Å². The molecule has 0 radical (unpaired) electrons. The van der Waals surface area contributed by atoms with E-state index in [1.54, 1.807) is 80.1 Å².